The van der Waals surface area contributed by atoms with Crippen LogP contribution < -0.4 is 0 Å². The monoisotopic (exact) mass is 323 g/mol. The lowest BCUT2D eigenvalue weighted by atomic mass is 10.2. The van der Waals surface area contributed by atoms with Gasteiger partial charge in [0.1, 0.15) is 11.1 Å². The predicted octanol–water partition coefficient (Wildman–Crippen LogP) is 3.95. The minimum Gasteiger partial charge on any atom is -0.356 e. The lowest BCUT2D eigenvalue weighted by molar-refractivity contribution is 0.277. The molecule has 3 rings (SSSR count). The van der Waals surface area contributed by atoms with Gasteiger partial charge in [0.05, 0.1) is 0 Å². The van der Waals surface area contributed by atoms with E-state index in [0.717, 1.165) is 29.8 Å². The van der Waals surface area contributed by atoms with E-state index >= 15 is 0 Å². The van der Waals surface area contributed by atoms with Crippen LogP contribution in [0.25, 0.3) is 11.0 Å². The number of thioether (sulfide) groups is 1. The molecule has 0 radical (unpaired) electrons. The molecule has 0 saturated heterocycles. The van der Waals surface area contributed by atoms with E-state index in [1.54, 1.807) is 11.8 Å². The van der Waals surface area contributed by atoms with Crippen molar-refractivity contribution in [2.45, 2.75) is 12.3 Å². The molecule has 1 atom stereocenters. The van der Waals surface area contributed by atoms with E-state index in [1.807, 2.05) is 18.2 Å². The maximum Gasteiger partial charge on any atom is 0.168 e. The molecular formula is C15H18ClN3OS. The van der Waals surface area contributed by atoms with E-state index in [0.29, 0.717) is 5.02 Å². The summed E-state index contributed by atoms with van der Waals surface area (Å²) >= 11 is 7.78. The second-order valence-corrected chi connectivity index (χ2v) is 6.84. The number of aromatic nitrogens is 1. The number of nitrogens with zero attached hydrogens (tertiary/aromatic N) is 3. The third-order valence-electron chi connectivity index (χ3n) is 3.59. The molecule has 0 bridgehead atoms. The summed E-state index contributed by atoms with van der Waals surface area (Å²) < 4.78 is 5.44. The van der Waals surface area contributed by atoms with E-state index in [1.165, 1.54) is 5.70 Å². The van der Waals surface area contributed by atoms with Gasteiger partial charge in [0, 0.05) is 35.3 Å². The lowest BCUT2D eigenvalue weighted by Crippen LogP contribution is -2.30. The Labute approximate surface area is 133 Å². The van der Waals surface area contributed by atoms with Gasteiger partial charge in [-0.25, -0.2) is 0 Å². The first-order chi connectivity index (χ1) is 10.1. The molecule has 1 aliphatic heterocycles. The van der Waals surface area contributed by atoms with Gasteiger partial charge >= 0.3 is 0 Å². The van der Waals surface area contributed by atoms with Crippen LogP contribution in [0.15, 0.2) is 33.8 Å². The van der Waals surface area contributed by atoms with E-state index in [9.17, 15) is 0 Å². The number of hydrogen-bond donors (Lipinski definition) is 0. The van der Waals surface area contributed by atoms with Gasteiger partial charge in [-0.05, 0) is 38.6 Å². The standard InChI is InChI=1S/C15H18ClN3OS/c1-10-9-21-15(19(10)7-6-18(2)3)14-12-5-4-11(16)8-13(12)20-17-14/h4-5,8-9,15H,6-7H2,1-3H3. The summed E-state index contributed by atoms with van der Waals surface area (Å²) in [6, 6.07) is 5.69. The molecule has 1 aromatic heterocycles. The van der Waals surface area contributed by atoms with Gasteiger partial charge in [-0.3, -0.25) is 0 Å². The SMILES string of the molecule is CC1=CSC(c2noc3cc(Cl)ccc23)N1CCN(C)C. The average Bonchev–Trinajstić information content (AvgIpc) is 2.99. The molecular weight excluding hydrogens is 306 g/mol. The third kappa shape index (κ3) is 2.91. The fraction of sp³-hybridized carbons (Fsp3) is 0.400. The number of benzene rings is 1. The Morgan fingerprint density at radius 2 is 2.24 bits per heavy atom. The fourth-order valence-electron chi connectivity index (χ4n) is 2.41. The molecule has 2 heterocycles. The smallest absolute Gasteiger partial charge is 0.168 e. The zero-order valence-electron chi connectivity index (χ0n) is 12.3. The van der Waals surface area contributed by atoms with Gasteiger partial charge < -0.3 is 14.3 Å². The quantitative estimate of drug-likeness (QED) is 0.850. The van der Waals surface area contributed by atoms with Crippen molar-refractivity contribution in [1.82, 2.24) is 15.0 Å². The van der Waals surface area contributed by atoms with Crippen LogP contribution in [-0.4, -0.2) is 42.1 Å². The van der Waals surface area contributed by atoms with Crippen molar-refractivity contribution in [1.29, 1.82) is 0 Å². The second-order valence-electron chi connectivity index (χ2n) is 5.45. The Bertz CT molecular complexity index is 683. The summed E-state index contributed by atoms with van der Waals surface area (Å²) in [5.74, 6) is 0. The Morgan fingerprint density at radius 3 is 3.00 bits per heavy atom. The van der Waals surface area contributed by atoms with Gasteiger partial charge in [0.25, 0.3) is 0 Å². The Morgan fingerprint density at radius 1 is 1.43 bits per heavy atom. The predicted molar refractivity (Wildman–Crippen MR) is 88.4 cm³/mol. The molecule has 1 aliphatic rings. The maximum atomic E-state index is 6.00. The average molecular weight is 324 g/mol. The first kappa shape index (κ1) is 14.8. The van der Waals surface area contributed by atoms with Crippen molar-refractivity contribution in [3.63, 3.8) is 0 Å². The van der Waals surface area contributed by atoms with E-state index < -0.39 is 0 Å². The zero-order valence-corrected chi connectivity index (χ0v) is 13.9. The number of rotatable bonds is 4. The molecule has 0 spiro atoms. The minimum atomic E-state index is 0.173. The van der Waals surface area contributed by atoms with Crippen LogP contribution >= 0.6 is 23.4 Å². The summed E-state index contributed by atoms with van der Waals surface area (Å²) in [6.07, 6.45) is 0. The number of likely N-dealkylation sites (N-methyl/N-ethyl adjacent to an activating group) is 1. The highest BCUT2D eigenvalue weighted by Gasteiger charge is 2.30. The van der Waals surface area contributed by atoms with Gasteiger partial charge in [-0.15, -0.1) is 11.8 Å². The third-order valence-corrected chi connectivity index (χ3v) is 5.04. The summed E-state index contributed by atoms with van der Waals surface area (Å²) in [7, 11) is 4.18. The van der Waals surface area contributed by atoms with Gasteiger partial charge in [0.15, 0.2) is 5.58 Å². The zero-order chi connectivity index (χ0) is 15.0. The second kappa shape index (κ2) is 5.91. The molecule has 4 nitrogen and oxygen atoms in total. The number of fused-ring (bicyclic) bond motifs is 1. The number of halogens is 1. The Balaban J connectivity index is 1.90. The van der Waals surface area contributed by atoms with Crippen LogP contribution in [0, 0.1) is 0 Å². The summed E-state index contributed by atoms with van der Waals surface area (Å²) in [5, 5.41) is 8.36. The van der Waals surface area contributed by atoms with Gasteiger partial charge in [-0.1, -0.05) is 16.8 Å². The molecule has 6 heteroatoms. The molecule has 0 amide bonds. The Kier molecular flexibility index (Phi) is 4.15. The van der Waals surface area contributed by atoms with Crippen molar-refractivity contribution in [2.75, 3.05) is 27.2 Å². The van der Waals surface area contributed by atoms with Crippen LogP contribution in [0.3, 0.4) is 0 Å². The van der Waals surface area contributed by atoms with Crippen molar-refractivity contribution in [2.24, 2.45) is 0 Å². The fourth-order valence-corrected chi connectivity index (χ4v) is 3.75. The van der Waals surface area contributed by atoms with Gasteiger partial charge in [-0.2, -0.15) is 0 Å². The van der Waals surface area contributed by atoms with Crippen LogP contribution in [-0.2, 0) is 0 Å². The molecule has 112 valence electrons. The topological polar surface area (TPSA) is 32.5 Å². The van der Waals surface area contributed by atoms with Crippen molar-refractivity contribution in [3.8, 4) is 0 Å². The molecule has 0 aliphatic carbocycles. The molecule has 1 unspecified atom stereocenters. The highest BCUT2D eigenvalue weighted by Crippen LogP contribution is 2.44. The van der Waals surface area contributed by atoms with Crippen LogP contribution in [0.1, 0.15) is 18.0 Å². The molecule has 0 fully saturated rings. The summed E-state index contributed by atoms with van der Waals surface area (Å²) in [6.45, 7) is 4.11. The summed E-state index contributed by atoms with van der Waals surface area (Å²) in [4.78, 5) is 4.56. The first-order valence-corrected chi connectivity index (χ1v) is 8.17. The minimum absolute atomic E-state index is 0.173. The molecule has 0 saturated carbocycles. The largest absolute Gasteiger partial charge is 0.356 e. The molecule has 21 heavy (non-hydrogen) atoms. The number of hydrogen-bond acceptors (Lipinski definition) is 5. The molecule has 2 aromatic rings. The van der Waals surface area contributed by atoms with Crippen molar-refractivity contribution >= 4 is 34.3 Å². The highest BCUT2D eigenvalue weighted by atomic mass is 35.5. The molecule has 0 N–H and O–H groups in total. The maximum absolute atomic E-state index is 6.00. The van der Waals surface area contributed by atoms with Crippen LogP contribution in [0.5, 0.6) is 0 Å². The summed E-state index contributed by atoms with van der Waals surface area (Å²) in [5.41, 5.74) is 2.99. The van der Waals surface area contributed by atoms with Crippen molar-refractivity contribution < 1.29 is 4.52 Å². The van der Waals surface area contributed by atoms with E-state index in [2.05, 4.69) is 41.4 Å². The lowest BCUT2D eigenvalue weighted by Gasteiger charge is -2.27. The molecule has 1 aromatic carbocycles. The first-order valence-electron chi connectivity index (χ1n) is 6.84. The van der Waals surface area contributed by atoms with E-state index in [-0.39, 0.29) is 5.37 Å². The van der Waals surface area contributed by atoms with Crippen LogP contribution in [0.4, 0.5) is 0 Å². The highest BCUT2D eigenvalue weighted by molar-refractivity contribution is 8.02. The van der Waals surface area contributed by atoms with E-state index in [4.69, 9.17) is 16.1 Å². The Hall–Kier alpha value is -1.17. The number of allylic oxidation sites excluding steroid dienone is 1. The van der Waals surface area contributed by atoms with Crippen molar-refractivity contribution in [3.05, 3.63) is 40.0 Å². The van der Waals surface area contributed by atoms with Crippen LogP contribution in [0.2, 0.25) is 5.02 Å². The van der Waals surface area contributed by atoms with Gasteiger partial charge in [0.2, 0.25) is 0 Å². The normalized spacial score (nSPS) is 18.8.